The predicted molar refractivity (Wildman–Crippen MR) is 110 cm³/mol. The molecule has 1 saturated heterocycles. The molecule has 9 heteroatoms. The zero-order chi connectivity index (χ0) is 21.3. The topological polar surface area (TPSA) is 82.8 Å². The predicted octanol–water partition coefficient (Wildman–Crippen LogP) is 2.66. The van der Waals surface area contributed by atoms with Crippen molar-refractivity contribution in [1.29, 1.82) is 0 Å². The van der Waals surface area contributed by atoms with E-state index in [1.165, 1.54) is 13.0 Å². The summed E-state index contributed by atoms with van der Waals surface area (Å²) < 4.78 is 16.2. The van der Waals surface area contributed by atoms with Crippen LogP contribution in [-0.2, 0) is 0 Å². The fourth-order valence-corrected chi connectivity index (χ4v) is 3.63. The van der Waals surface area contributed by atoms with Gasteiger partial charge in [-0.25, -0.2) is 9.18 Å². The number of carbonyl (C=O) groups excluding carboxylic acids is 2. The van der Waals surface area contributed by atoms with Gasteiger partial charge in [-0.2, -0.15) is 0 Å². The molecule has 1 aliphatic heterocycles. The maximum atomic E-state index is 14.4. The lowest BCUT2D eigenvalue weighted by Gasteiger charge is -2.36. The quantitative estimate of drug-likeness (QED) is 0.669. The van der Waals surface area contributed by atoms with Gasteiger partial charge in [-0.05, 0) is 44.2 Å². The number of fused-ring (bicyclic) bond motifs is 1. The van der Waals surface area contributed by atoms with E-state index in [1.807, 2.05) is 40.6 Å². The minimum atomic E-state index is -0.423. The Morgan fingerprint density at radius 2 is 1.87 bits per heavy atom. The molecule has 1 fully saturated rings. The van der Waals surface area contributed by atoms with Crippen LogP contribution >= 0.6 is 0 Å². The number of Topliss-reactive ketones (excluding diaryl/α,β-unsaturated/α-hetero) is 1. The molecule has 8 nitrogen and oxygen atoms in total. The van der Waals surface area contributed by atoms with Crippen molar-refractivity contribution < 1.29 is 14.0 Å². The van der Waals surface area contributed by atoms with Crippen LogP contribution in [-0.4, -0.2) is 57.5 Å². The molecule has 2 aromatic heterocycles. The van der Waals surface area contributed by atoms with Crippen molar-refractivity contribution >= 4 is 23.1 Å². The van der Waals surface area contributed by atoms with Crippen LogP contribution in [0.4, 0.5) is 14.9 Å². The fraction of sp³-hybridized carbons (Fsp3) is 0.333. The normalized spacial score (nSPS) is 15.3. The maximum absolute atomic E-state index is 14.4. The lowest BCUT2D eigenvalue weighted by atomic mass is 10.1. The van der Waals surface area contributed by atoms with Crippen molar-refractivity contribution in [2.75, 3.05) is 31.1 Å². The first kappa shape index (κ1) is 19.8. The van der Waals surface area contributed by atoms with Gasteiger partial charge in [0.05, 0.1) is 11.7 Å². The van der Waals surface area contributed by atoms with Gasteiger partial charge in [-0.1, -0.05) is 6.07 Å². The van der Waals surface area contributed by atoms with Crippen molar-refractivity contribution in [3.05, 3.63) is 59.8 Å². The van der Waals surface area contributed by atoms with Crippen molar-refractivity contribution in [3.63, 3.8) is 0 Å². The van der Waals surface area contributed by atoms with Gasteiger partial charge in [0.25, 0.3) is 0 Å². The summed E-state index contributed by atoms with van der Waals surface area (Å²) in [5, 5.41) is 11.3. The van der Waals surface area contributed by atoms with E-state index in [1.54, 1.807) is 17.0 Å². The molecule has 3 aromatic rings. The van der Waals surface area contributed by atoms with Crippen LogP contribution in [0.25, 0.3) is 5.65 Å². The summed E-state index contributed by atoms with van der Waals surface area (Å²) in [7, 11) is 0. The lowest BCUT2D eigenvalue weighted by molar-refractivity contribution is 0.101. The number of halogens is 1. The van der Waals surface area contributed by atoms with Crippen molar-refractivity contribution in [2.45, 2.75) is 19.9 Å². The Labute approximate surface area is 173 Å². The Morgan fingerprint density at radius 3 is 2.57 bits per heavy atom. The molecule has 0 unspecified atom stereocenters. The number of aromatic nitrogens is 3. The highest BCUT2D eigenvalue weighted by Crippen LogP contribution is 2.22. The number of amides is 2. The van der Waals surface area contributed by atoms with Crippen LogP contribution in [0.5, 0.6) is 0 Å². The summed E-state index contributed by atoms with van der Waals surface area (Å²) in [6.07, 6.45) is 1.86. The number of pyridine rings is 1. The number of piperazine rings is 1. The van der Waals surface area contributed by atoms with Crippen molar-refractivity contribution in [3.8, 4) is 0 Å². The van der Waals surface area contributed by atoms with Crippen LogP contribution in [0.3, 0.4) is 0 Å². The first-order valence-corrected chi connectivity index (χ1v) is 9.84. The summed E-state index contributed by atoms with van der Waals surface area (Å²) in [4.78, 5) is 27.7. The van der Waals surface area contributed by atoms with E-state index in [0.29, 0.717) is 43.3 Å². The monoisotopic (exact) mass is 410 g/mol. The number of nitrogens with zero attached hydrogens (tertiary/aromatic N) is 5. The van der Waals surface area contributed by atoms with Gasteiger partial charge < -0.3 is 15.1 Å². The van der Waals surface area contributed by atoms with Crippen LogP contribution in [0, 0.1) is 5.82 Å². The molecule has 1 atom stereocenters. The third-order valence-corrected chi connectivity index (χ3v) is 5.33. The average molecular weight is 410 g/mol. The van der Waals surface area contributed by atoms with E-state index < -0.39 is 5.82 Å². The molecule has 156 valence electrons. The number of anilines is 1. The van der Waals surface area contributed by atoms with Gasteiger partial charge in [0.2, 0.25) is 0 Å². The third kappa shape index (κ3) is 3.83. The summed E-state index contributed by atoms with van der Waals surface area (Å²) in [6, 6.07) is 9.63. The number of rotatable bonds is 4. The SMILES string of the molecule is CC(=O)c1ccc(N2CCN(C(=O)N[C@@H](C)c3nnc4ccccn34)CC2)c(F)c1. The van der Waals surface area contributed by atoms with Crippen LogP contribution in [0.2, 0.25) is 0 Å². The van der Waals surface area contributed by atoms with E-state index >= 15 is 0 Å². The smallest absolute Gasteiger partial charge is 0.318 e. The molecule has 30 heavy (non-hydrogen) atoms. The summed E-state index contributed by atoms with van der Waals surface area (Å²) in [5.41, 5.74) is 1.52. The molecule has 4 rings (SSSR count). The van der Waals surface area contributed by atoms with Gasteiger partial charge in [0.1, 0.15) is 5.82 Å². The Morgan fingerprint density at radius 1 is 1.10 bits per heavy atom. The minimum Gasteiger partial charge on any atom is -0.366 e. The fourth-order valence-electron chi connectivity index (χ4n) is 3.63. The molecule has 3 heterocycles. The minimum absolute atomic E-state index is 0.170. The lowest BCUT2D eigenvalue weighted by Crippen LogP contribution is -2.52. The Balaban J connectivity index is 1.37. The second kappa shape index (κ2) is 8.10. The summed E-state index contributed by atoms with van der Waals surface area (Å²) >= 11 is 0. The zero-order valence-corrected chi connectivity index (χ0v) is 16.9. The highest BCUT2D eigenvalue weighted by Gasteiger charge is 2.25. The van der Waals surface area contributed by atoms with Crippen molar-refractivity contribution in [1.82, 2.24) is 24.8 Å². The van der Waals surface area contributed by atoms with Gasteiger partial charge in [0, 0.05) is 37.9 Å². The van der Waals surface area contributed by atoms with Crippen LogP contribution in [0.1, 0.15) is 36.1 Å². The van der Waals surface area contributed by atoms with E-state index in [0.717, 1.165) is 5.65 Å². The molecule has 0 bridgehead atoms. The molecule has 0 aliphatic carbocycles. The Bertz CT molecular complexity index is 1090. The Kier molecular flexibility index (Phi) is 5.35. The highest BCUT2D eigenvalue weighted by atomic mass is 19.1. The van der Waals surface area contributed by atoms with E-state index in [9.17, 15) is 14.0 Å². The van der Waals surface area contributed by atoms with E-state index in [4.69, 9.17) is 0 Å². The van der Waals surface area contributed by atoms with Gasteiger partial charge >= 0.3 is 6.03 Å². The number of hydrogen-bond donors (Lipinski definition) is 1. The molecule has 1 N–H and O–H groups in total. The molecule has 0 saturated carbocycles. The average Bonchev–Trinajstić information content (AvgIpc) is 3.18. The highest BCUT2D eigenvalue weighted by molar-refractivity contribution is 5.94. The van der Waals surface area contributed by atoms with Crippen LogP contribution < -0.4 is 10.2 Å². The number of nitrogens with one attached hydrogen (secondary N) is 1. The van der Waals surface area contributed by atoms with Gasteiger partial charge in [0.15, 0.2) is 17.3 Å². The zero-order valence-electron chi connectivity index (χ0n) is 16.9. The largest absolute Gasteiger partial charge is 0.366 e. The molecule has 0 radical (unpaired) electrons. The summed E-state index contributed by atoms with van der Waals surface area (Å²) in [5.74, 6) is 0.0645. The molecule has 2 amide bonds. The third-order valence-electron chi connectivity index (χ3n) is 5.33. The van der Waals surface area contributed by atoms with E-state index in [2.05, 4.69) is 15.5 Å². The van der Waals surface area contributed by atoms with Gasteiger partial charge in [-0.15, -0.1) is 10.2 Å². The number of carbonyl (C=O) groups is 2. The first-order valence-electron chi connectivity index (χ1n) is 9.84. The van der Waals surface area contributed by atoms with Crippen LogP contribution in [0.15, 0.2) is 42.6 Å². The number of benzene rings is 1. The second-order valence-electron chi connectivity index (χ2n) is 7.35. The second-order valence-corrected chi connectivity index (χ2v) is 7.35. The Hall–Kier alpha value is -3.49. The standard InChI is InChI=1S/C21H23FN6O2/c1-14(20-25-24-19-5-3-4-8-28(19)20)23-21(30)27-11-9-26(10-12-27)18-7-6-16(15(2)29)13-17(18)22/h3-8,13-14H,9-12H2,1-2H3,(H,23,30)/t14-/m0/s1. The van der Waals surface area contributed by atoms with Crippen molar-refractivity contribution in [2.24, 2.45) is 0 Å². The molecular formula is C21H23FN6O2. The molecule has 0 spiro atoms. The van der Waals surface area contributed by atoms with Gasteiger partial charge in [-0.3, -0.25) is 9.20 Å². The number of urea groups is 1. The molecule has 1 aliphatic rings. The molecular weight excluding hydrogens is 387 g/mol. The summed E-state index contributed by atoms with van der Waals surface area (Å²) in [6.45, 7) is 5.22. The van der Waals surface area contributed by atoms with E-state index in [-0.39, 0.29) is 17.9 Å². The maximum Gasteiger partial charge on any atom is 0.318 e. The number of ketones is 1. The molecule has 1 aromatic carbocycles. The number of hydrogen-bond acceptors (Lipinski definition) is 5. The first-order chi connectivity index (χ1) is 14.4.